The standard InChI is InChI=1S/C43H47ClF4N8O4S3/c1-53(2)18-16-34(28-61-35-6-4-3-5-7-35)51-39-15-13-36(25-41(39)62(57,58)43(46,47)48)63(59,60)52-42-38-17-19-56(27-40(38)49-29-50-42)55-22-20-54(21-23-55)26-31-24-33(45)12-14-37(31)30-8-10-32(44)11-9-30/h3-15,24-25,29,34,51H,16-23,26-28H2,1-2H3,(H,49,50,52)/t34-/m1/s1. The van der Waals surface area contributed by atoms with Crippen LogP contribution in [-0.2, 0) is 39.4 Å². The van der Waals surface area contributed by atoms with Crippen LogP contribution >= 0.6 is 23.4 Å². The van der Waals surface area contributed by atoms with Gasteiger partial charge in [-0.15, -0.1) is 11.8 Å². The summed E-state index contributed by atoms with van der Waals surface area (Å²) in [5.41, 5.74) is -2.22. The minimum absolute atomic E-state index is 0.0415. The number of fused-ring (bicyclic) bond motifs is 1. The average Bonchev–Trinajstić information content (AvgIpc) is 3.25. The number of sulfone groups is 1. The van der Waals surface area contributed by atoms with Gasteiger partial charge in [-0.05, 0) is 105 Å². The first kappa shape index (κ1) is 46.6. The van der Waals surface area contributed by atoms with E-state index in [1.165, 1.54) is 24.2 Å². The molecule has 63 heavy (non-hydrogen) atoms. The summed E-state index contributed by atoms with van der Waals surface area (Å²) in [4.78, 5) is 11.8. The number of piperazine rings is 1. The molecule has 2 N–H and O–H groups in total. The number of hydrogen-bond acceptors (Lipinski definition) is 12. The molecule has 4 aromatic carbocycles. The van der Waals surface area contributed by atoms with Crippen molar-refractivity contribution in [2.45, 2.75) is 52.2 Å². The van der Waals surface area contributed by atoms with Crippen LogP contribution in [0.25, 0.3) is 11.1 Å². The van der Waals surface area contributed by atoms with Gasteiger partial charge in [-0.25, -0.2) is 41.2 Å². The minimum atomic E-state index is -6.00. The number of nitrogens with zero attached hydrogens (tertiary/aromatic N) is 6. The molecule has 3 heterocycles. The zero-order chi connectivity index (χ0) is 44.9. The fourth-order valence-corrected chi connectivity index (χ4v) is 10.8. The highest BCUT2D eigenvalue weighted by Gasteiger charge is 2.48. The Morgan fingerprint density at radius 3 is 2.30 bits per heavy atom. The van der Waals surface area contributed by atoms with Crippen LogP contribution in [0.3, 0.4) is 0 Å². The number of nitrogens with one attached hydrogen (secondary N) is 2. The van der Waals surface area contributed by atoms with Gasteiger partial charge in [0, 0.05) is 66.5 Å². The third-order valence-corrected chi connectivity index (χ3v) is 15.2. The Morgan fingerprint density at radius 1 is 0.873 bits per heavy atom. The number of anilines is 2. The Bertz CT molecular complexity index is 2600. The van der Waals surface area contributed by atoms with Crippen molar-refractivity contribution in [3.63, 3.8) is 0 Å². The van der Waals surface area contributed by atoms with Crippen molar-refractivity contribution in [1.82, 2.24) is 29.8 Å². The van der Waals surface area contributed by atoms with E-state index >= 15 is 0 Å². The number of alkyl halides is 3. The van der Waals surface area contributed by atoms with Crippen LogP contribution in [-0.4, -0.2) is 117 Å². The zero-order valence-electron chi connectivity index (χ0n) is 34.5. The molecule has 2 aliphatic heterocycles. The van der Waals surface area contributed by atoms with Crippen LogP contribution in [0.2, 0.25) is 5.02 Å². The molecule has 0 radical (unpaired) electrons. The maximum atomic E-state index is 14.4. The summed E-state index contributed by atoms with van der Waals surface area (Å²) in [5.74, 6) is 0.0384. The summed E-state index contributed by atoms with van der Waals surface area (Å²) in [6.45, 7) is 4.74. The van der Waals surface area contributed by atoms with Crippen LogP contribution in [0.1, 0.15) is 23.2 Å². The zero-order valence-corrected chi connectivity index (χ0v) is 37.7. The molecule has 1 atom stereocenters. The molecule has 0 bridgehead atoms. The maximum Gasteiger partial charge on any atom is 0.501 e. The number of thioether (sulfide) groups is 1. The van der Waals surface area contributed by atoms with Gasteiger partial charge in [0.05, 0.1) is 22.8 Å². The second kappa shape index (κ2) is 19.8. The first-order valence-corrected chi connectivity index (χ1v) is 24.5. The molecular formula is C43H47ClF4N8O4S3. The fraction of sp³-hybridized carbons (Fsp3) is 0.349. The number of rotatable bonds is 16. The number of sulfonamides is 1. The summed E-state index contributed by atoms with van der Waals surface area (Å²) in [7, 11) is -6.96. The van der Waals surface area contributed by atoms with Crippen molar-refractivity contribution >= 4 is 54.7 Å². The summed E-state index contributed by atoms with van der Waals surface area (Å²) >= 11 is 7.55. The van der Waals surface area contributed by atoms with Gasteiger partial charge in [-0.3, -0.25) is 9.62 Å². The molecular weight excluding hydrogens is 900 g/mol. The molecule has 2 aliphatic rings. The summed E-state index contributed by atoms with van der Waals surface area (Å²) in [6, 6.07) is 23.8. The van der Waals surface area contributed by atoms with Crippen molar-refractivity contribution in [2.75, 3.05) is 69.2 Å². The van der Waals surface area contributed by atoms with Gasteiger partial charge in [-0.1, -0.05) is 48.0 Å². The van der Waals surface area contributed by atoms with Gasteiger partial charge in [0.1, 0.15) is 22.9 Å². The first-order chi connectivity index (χ1) is 30.0. The molecule has 1 aromatic heterocycles. The highest BCUT2D eigenvalue weighted by atomic mass is 35.5. The Labute approximate surface area is 374 Å². The molecule has 1 saturated heterocycles. The molecule has 0 amide bonds. The number of hydrogen-bond donors (Lipinski definition) is 2. The van der Waals surface area contributed by atoms with E-state index in [9.17, 15) is 34.4 Å². The van der Waals surface area contributed by atoms with Crippen molar-refractivity contribution in [3.05, 3.63) is 125 Å². The molecule has 336 valence electrons. The van der Waals surface area contributed by atoms with Crippen LogP contribution in [0.4, 0.5) is 29.1 Å². The summed E-state index contributed by atoms with van der Waals surface area (Å²) in [6.07, 6.45) is 2.02. The predicted molar refractivity (Wildman–Crippen MR) is 238 cm³/mol. The lowest BCUT2D eigenvalue weighted by Crippen LogP contribution is -2.54. The fourth-order valence-electron chi connectivity index (χ4n) is 7.56. The molecule has 0 unspecified atom stereocenters. The van der Waals surface area contributed by atoms with Crippen LogP contribution in [0.15, 0.2) is 112 Å². The number of aromatic nitrogens is 2. The average molecular weight is 948 g/mol. The lowest BCUT2D eigenvalue weighted by molar-refractivity contribution is -0.0694. The van der Waals surface area contributed by atoms with Gasteiger partial charge in [0.2, 0.25) is 0 Å². The predicted octanol–water partition coefficient (Wildman–Crippen LogP) is 7.65. The topological polar surface area (TPSA) is 131 Å². The van der Waals surface area contributed by atoms with Gasteiger partial charge in [0.15, 0.2) is 0 Å². The Balaban J connectivity index is 1.04. The van der Waals surface area contributed by atoms with Crippen LogP contribution < -0.4 is 10.0 Å². The second-order valence-electron chi connectivity index (χ2n) is 15.6. The largest absolute Gasteiger partial charge is 0.501 e. The van der Waals surface area contributed by atoms with Crippen molar-refractivity contribution in [2.24, 2.45) is 0 Å². The SMILES string of the molecule is CN(C)CC[C@H](CSc1ccccc1)Nc1ccc(S(=O)(=O)Nc2ncnc3c2CCN(N2CCN(Cc4cc(F)ccc4-c4ccc(Cl)cc4)CC2)C3)cc1S(=O)(=O)C(F)(F)F. The third-order valence-electron chi connectivity index (χ3n) is 10.9. The Morgan fingerprint density at radius 2 is 1.60 bits per heavy atom. The van der Waals surface area contributed by atoms with Crippen LogP contribution in [0, 0.1) is 5.82 Å². The minimum Gasteiger partial charge on any atom is -0.380 e. The molecule has 0 saturated carbocycles. The second-order valence-corrected chi connectivity index (χ2v) is 20.7. The molecule has 0 aliphatic carbocycles. The van der Waals surface area contributed by atoms with E-state index in [4.69, 9.17) is 11.6 Å². The van der Waals surface area contributed by atoms with Crippen molar-refractivity contribution in [3.8, 4) is 11.1 Å². The number of benzene rings is 4. The van der Waals surface area contributed by atoms with Crippen molar-refractivity contribution in [1.29, 1.82) is 0 Å². The quantitative estimate of drug-likeness (QED) is 0.0745. The van der Waals surface area contributed by atoms with E-state index < -0.39 is 41.2 Å². The van der Waals surface area contributed by atoms with Gasteiger partial charge < -0.3 is 10.2 Å². The molecule has 1 fully saturated rings. The molecule has 0 spiro atoms. The highest BCUT2D eigenvalue weighted by Crippen LogP contribution is 2.37. The smallest absolute Gasteiger partial charge is 0.380 e. The van der Waals surface area contributed by atoms with E-state index in [1.807, 2.05) is 73.6 Å². The molecule has 5 aromatic rings. The van der Waals surface area contributed by atoms with Gasteiger partial charge >= 0.3 is 5.51 Å². The van der Waals surface area contributed by atoms with Gasteiger partial charge in [0.25, 0.3) is 19.9 Å². The van der Waals surface area contributed by atoms with E-state index in [0.717, 1.165) is 33.7 Å². The summed E-state index contributed by atoms with van der Waals surface area (Å²) < 4.78 is 113. The summed E-state index contributed by atoms with van der Waals surface area (Å²) in [5, 5.41) is 7.95. The first-order valence-electron chi connectivity index (χ1n) is 20.1. The number of hydrazine groups is 1. The Kier molecular flexibility index (Phi) is 14.7. The van der Waals surface area contributed by atoms with E-state index in [-0.39, 0.29) is 17.3 Å². The van der Waals surface area contributed by atoms with Gasteiger partial charge in [-0.2, -0.15) is 13.2 Å². The maximum absolute atomic E-state index is 14.4. The normalized spacial score (nSPS) is 16.2. The van der Waals surface area contributed by atoms with E-state index in [1.54, 1.807) is 12.1 Å². The van der Waals surface area contributed by atoms with Crippen LogP contribution in [0.5, 0.6) is 0 Å². The van der Waals surface area contributed by atoms with E-state index in [2.05, 4.69) is 34.9 Å². The number of halogens is 5. The molecule has 20 heteroatoms. The lowest BCUT2D eigenvalue weighted by atomic mass is 9.99. The van der Waals surface area contributed by atoms with E-state index in [0.29, 0.717) is 93.3 Å². The highest BCUT2D eigenvalue weighted by molar-refractivity contribution is 7.99. The monoisotopic (exact) mass is 946 g/mol. The lowest BCUT2D eigenvalue weighted by Gasteiger charge is -2.43. The molecule has 12 nitrogen and oxygen atoms in total. The van der Waals surface area contributed by atoms with Crippen molar-refractivity contribution < 1.29 is 34.4 Å². The third kappa shape index (κ3) is 11.5. The Hall–Kier alpha value is -4.34. The molecule has 7 rings (SSSR count).